The monoisotopic (exact) mass is 323 g/mol. The Kier molecular flexibility index (Phi) is 4.45. The lowest BCUT2D eigenvalue weighted by Crippen LogP contribution is -2.53. The third-order valence-corrected chi connectivity index (χ3v) is 5.07. The first-order valence-corrected chi connectivity index (χ1v) is 8.12. The normalized spacial score (nSPS) is 27.3. The molecule has 2 bridgehead atoms. The highest BCUT2D eigenvalue weighted by Crippen LogP contribution is 2.30. The molecule has 0 radical (unpaired) electrons. The highest BCUT2D eigenvalue weighted by Gasteiger charge is 2.33. The molecule has 1 aromatic rings. The molecule has 22 heavy (non-hydrogen) atoms. The van der Waals surface area contributed by atoms with E-state index in [-0.39, 0.29) is 11.9 Å². The van der Waals surface area contributed by atoms with Crippen molar-refractivity contribution in [2.75, 3.05) is 32.5 Å². The standard InChI is InChI=1S/C16H22ClN3O2/c1-22-15-8-13(18)12(17)7-11(15)16(21)19-14-4-6-20-5-2-3-10(14)9-20/h7-8,10,14H,2-6,9,18H2,1H3,(H,19,21)/t10-,14?/m1/s1. The second kappa shape index (κ2) is 6.34. The molecule has 0 aliphatic carbocycles. The topological polar surface area (TPSA) is 67.6 Å². The number of benzene rings is 1. The summed E-state index contributed by atoms with van der Waals surface area (Å²) in [5.74, 6) is 0.866. The Morgan fingerprint density at radius 3 is 3.00 bits per heavy atom. The van der Waals surface area contributed by atoms with Gasteiger partial charge in [-0.25, -0.2) is 0 Å². The Hall–Kier alpha value is -1.46. The quantitative estimate of drug-likeness (QED) is 0.836. The van der Waals surface area contributed by atoms with Gasteiger partial charge in [-0.15, -0.1) is 0 Å². The van der Waals surface area contributed by atoms with E-state index in [0.717, 1.165) is 19.5 Å². The minimum Gasteiger partial charge on any atom is -0.496 e. The molecule has 0 spiro atoms. The van der Waals surface area contributed by atoms with Crippen LogP contribution in [0, 0.1) is 5.92 Å². The Labute approximate surface area is 135 Å². The van der Waals surface area contributed by atoms with Crippen molar-refractivity contribution in [3.05, 3.63) is 22.7 Å². The van der Waals surface area contributed by atoms with Gasteiger partial charge in [0.15, 0.2) is 0 Å². The van der Waals surface area contributed by atoms with Crippen molar-refractivity contribution < 1.29 is 9.53 Å². The number of hydrogen-bond donors (Lipinski definition) is 2. The summed E-state index contributed by atoms with van der Waals surface area (Å²) in [6, 6.07) is 3.41. The molecule has 3 atom stereocenters. The SMILES string of the molecule is COc1cc(N)c(Cl)cc1C(=O)NC1CCN2CCC[C@@H]1C2. The van der Waals surface area contributed by atoms with E-state index in [1.165, 1.54) is 26.5 Å². The zero-order valence-corrected chi connectivity index (χ0v) is 13.5. The van der Waals surface area contributed by atoms with Crippen molar-refractivity contribution >= 4 is 23.2 Å². The zero-order chi connectivity index (χ0) is 15.7. The number of carbonyl (C=O) groups excluding carboxylic acids is 1. The molecule has 2 heterocycles. The van der Waals surface area contributed by atoms with Crippen LogP contribution in [0.15, 0.2) is 12.1 Å². The van der Waals surface area contributed by atoms with Crippen LogP contribution in [0.1, 0.15) is 29.6 Å². The maximum Gasteiger partial charge on any atom is 0.255 e. The number of hydrogen-bond acceptors (Lipinski definition) is 4. The number of fused-ring (bicyclic) bond motifs is 2. The fraction of sp³-hybridized carbons (Fsp3) is 0.562. The number of rotatable bonds is 3. The van der Waals surface area contributed by atoms with Gasteiger partial charge in [0.05, 0.1) is 23.4 Å². The summed E-state index contributed by atoms with van der Waals surface area (Å²) < 4.78 is 5.27. The van der Waals surface area contributed by atoms with Crippen LogP contribution in [0.4, 0.5) is 5.69 Å². The van der Waals surface area contributed by atoms with Crippen molar-refractivity contribution in [3.8, 4) is 5.75 Å². The molecule has 2 unspecified atom stereocenters. The summed E-state index contributed by atoms with van der Waals surface area (Å²) in [5, 5.41) is 3.54. The first kappa shape index (κ1) is 15.4. The predicted molar refractivity (Wildman–Crippen MR) is 87.5 cm³/mol. The molecule has 2 saturated heterocycles. The largest absolute Gasteiger partial charge is 0.496 e. The van der Waals surface area contributed by atoms with Gasteiger partial charge in [-0.1, -0.05) is 11.6 Å². The average molecular weight is 324 g/mol. The molecule has 0 saturated carbocycles. The predicted octanol–water partition coefficient (Wildman–Crippen LogP) is 2.14. The Morgan fingerprint density at radius 2 is 2.23 bits per heavy atom. The summed E-state index contributed by atoms with van der Waals surface area (Å²) in [5.41, 5.74) is 6.62. The van der Waals surface area contributed by atoms with Gasteiger partial charge in [-0.2, -0.15) is 0 Å². The lowest BCUT2D eigenvalue weighted by Gasteiger charge is -2.42. The first-order chi connectivity index (χ1) is 10.6. The van der Waals surface area contributed by atoms with Gasteiger partial charge >= 0.3 is 0 Å². The van der Waals surface area contributed by atoms with Crippen LogP contribution < -0.4 is 15.8 Å². The highest BCUT2D eigenvalue weighted by atomic mass is 35.5. The van der Waals surface area contributed by atoms with Crippen molar-refractivity contribution in [3.63, 3.8) is 0 Å². The van der Waals surface area contributed by atoms with Crippen molar-refractivity contribution in [2.45, 2.75) is 25.3 Å². The molecule has 2 fully saturated rings. The lowest BCUT2D eigenvalue weighted by molar-refractivity contribution is 0.0737. The number of carbonyl (C=O) groups is 1. The number of ether oxygens (including phenoxy) is 1. The molecule has 1 amide bonds. The minimum absolute atomic E-state index is 0.136. The fourth-order valence-corrected chi connectivity index (χ4v) is 3.70. The van der Waals surface area contributed by atoms with Crippen LogP contribution >= 0.6 is 11.6 Å². The molecular weight excluding hydrogens is 302 g/mol. The molecule has 1 aromatic carbocycles. The first-order valence-electron chi connectivity index (χ1n) is 7.74. The second-order valence-electron chi connectivity index (χ2n) is 6.15. The second-order valence-corrected chi connectivity index (χ2v) is 6.55. The number of nitrogens with one attached hydrogen (secondary N) is 1. The smallest absolute Gasteiger partial charge is 0.255 e. The van der Waals surface area contributed by atoms with Gasteiger partial charge in [0, 0.05) is 25.2 Å². The summed E-state index contributed by atoms with van der Waals surface area (Å²) >= 11 is 6.05. The lowest BCUT2D eigenvalue weighted by atomic mass is 9.85. The number of nitrogens with two attached hydrogens (primary N) is 1. The maximum atomic E-state index is 12.6. The molecule has 5 nitrogen and oxygen atoms in total. The van der Waals surface area contributed by atoms with E-state index in [4.69, 9.17) is 22.1 Å². The molecule has 2 aliphatic rings. The molecular formula is C16H22ClN3O2. The average Bonchev–Trinajstić information content (AvgIpc) is 2.52. The number of amides is 1. The molecule has 0 aromatic heterocycles. The number of halogens is 1. The van der Waals surface area contributed by atoms with Crippen molar-refractivity contribution in [1.82, 2.24) is 10.2 Å². The summed E-state index contributed by atoms with van der Waals surface area (Å²) in [4.78, 5) is 15.1. The van der Waals surface area contributed by atoms with Gasteiger partial charge < -0.3 is 20.7 Å². The van der Waals surface area contributed by atoms with Gasteiger partial charge in [-0.3, -0.25) is 4.79 Å². The third-order valence-electron chi connectivity index (χ3n) is 4.75. The van der Waals surface area contributed by atoms with E-state index in [9.17, 15) is 4.79 Å². The number of nitrogens with zero attached hydrogens (tertiary/aromatic N) is 1. The van der Waals surface area contributed by atoms with E-state index in [0.29, 0.717) is 27.9 Å². The van der Waals surface area contributed by atoms with Gasteiger partial charge in [0.25, 0.3) is 5.91 Å². The Bertz CT molecular complexity index is 579. The van der Waals surface area contributed by atoms with E-state index < -0.39 is 0 Å². The fourth-order valence-electron chi connectivity index (χ4n) is 3.53. The van der Waals surface area contributed by atoms with Crippen LogP contribution in [0.25, 0.3) is 0 Å². The van der Waals surface area contributed by atoms with Gasteiger partial charge in [0.1, 0.15) is 5.75 Å². The van der Waals surface area contributed by atoms with Crippen molar-refractivity contribution in [2.24, 2.45) is 5.92 Å². The maximum absolute atomic E-state index is 12.6. The van der Waals surface area contributed by atoms with E-state index in [2.05, 4.69) is 10.2 Å². The van der Waals surface area contributed by atoms with Crippen LogP contribution in [-0.2, 0) is 0 Å². The molecule has 120 valence electrons. The van der Waals surface area contributed by atoms with E-state index in [1.807, 2.05) is 0 Å². The summed E-state index contributed by atoms with van der Waals surface area (Å²) in [7, 11) is 1.53. The van der Waals surface area contributed by atoms with E-state index >= 15 is 0 Å². The van der Waals surface area contributed by atoms with Crippen molar-refractivity contribution in [1.29, 1.82) is 0 Å². The highest BCUT2D eigenvalue weighted by molar-refractivity contribution is 6.33. The summed E-state index contributed by atoms with van der Waals surface area (Å²) in [6.45, 7) is 3.34. The van der Waals surface area contributed by atoms with Gasteiger partial charge in [-0.05, 0) is 37.8 Å². The van der Waals surface area contributed by atoms with Crippen LogP contribution in [-0.4, -0.2) is 43.6 Å². The van der Waals surface area contributed by atoms with E-state index in [1.54, 1.807) is 12.1 Å². The Balaban J connectivity index is 1.75. The van der Waals surface area contributed by atoms with Gasteiger partial charge in [0.2, 0.25) is 0 Å². The number of nitrogen functional groups attached to an aromatic ring is 1. The number of anilines is 1. The molecule has 3 rings (SSSR count). The minimum atomic E-state index is -0.136. The number of piperidine rings is 2. The number of methoxy groups -OCH3 is 1. The molecule has 3 N–H and O–H groups in total. The van der Waals surface area contributed by atoms with Crippen LogP contribution in [0.5, 0.6) is 5.75 Å². The Morgan fingerprint density at radius 1 is 1.41 bits per heavy atom. The summed E-state index contributed by atoms with van der Waals surface area (Å²) in [6.07, 6.45) is 3.40. The zero-order valence-electron chi connectivity index (χ0n) is 12.8. The molecule has 6 heteroatoms. The molecule has 2 aliphatic heterocycles. The van der Waals surface area contributed by atoms with Crippen LogP contribution in [0.2, 0.25) is 5.02 Å². The van der Waals surface area contributed by atoms with Crippen LogP contribution in [0.3, 0.4) is 0 Å². The third kappa shape index (κ3) is 3.01.